The molecule has 2 heterocycles. The third kappa shape index (κ3) is 3.19. The molecular weight excluding hydrogens is 296 g/mol. The van der Waals surface area contributed by atoms with Gasteiger partial charge in [0.05, 0.1) is 4.88 Å². The van der Waals surface area contributed by atoms with Crippen molar-refractivity contribution in [3.8, 4) is 10.7 Å². The molecule has 17 heavy (non-hydrogen) atoms. The Morgan fingerprint density at radius 3 is 3.06 bits per heavy atom. The lowest BCUT2D eigenvalue weighted by Gasteiger charge is -2.15. The Morgan fingerprint density at radius 1 is 1.53 bits per heavy atom. The van der Waals surface area contributed by atoms with Gasteiger partial charge in [-0.25, -0.2) is 4.98 Å². The summed E-state index contributed by atoms with van der Waals surface area (Å²) in [5.41, 5.74) is 0. The Kier molecular flexibility index (Phi) is 4.80. The molecule has 0 aliphatic heterocycles. The number of hydrogen-bond donors (Lipinski definition) is 0. The van der Waals surface area contributed by atoms with Gasteiger partial charge in [0.1, 0.15) is 5.82 Å². The van der Waals surface area contributed by atoms with E-state index in [-0.39, 0.29) is 0 Å². The first-order valence-corrected chi connectivity index (χ1v) is 7.96. The molecule has 92 valence electrons. The Labute approximate surface area is 115 Å². The highest BCUT2D eigenvalue weighted by Crippen LogP contribution is 2.24. The maximum atomic E-state index is 4.46. The van der Waals surface area contributed by atoms with Gasteiger partial charge in [0.25, 0.3) is 0 Å². The average molecular weight is 313 g/mol. The predicted octanol–water partition coefficient (Wildman–Crippen LogP) is 4.42. The number of hydrogen-bond acceptors (Lipinski definition) is 2. The minimum Gasteiger partial charge on any atom is -0.330 e. The molecule has 1 unspecified atom stereocenters. The molecule has 0 saturated carbocycles. The standard InChI is InChI=1S/C13H17BrN2S/c1-2-4-11(9-14)10-16-7-6-15-13(16)12-5-3-8-17-12/h3,5-8,11H,2,4,9-10H2,1H3. The van der Waals surface area contributed by atoms with Gasteiger partial charge in [-0.15, -0.1) is 11.3 Å². The van der Waals surface area contributed by atoms with E-state index in [4.69, 9.17) is 0 Å². The van der Waals surface area contributed by atoms with E-state index in [1.807, 2.05) is 6.20 Å². The summed E-state index contributed by atoms with van der Waals surface area (Å²) in [7, 11) is 0. The normalized spacial score (nSPS) is 12.8. The fourth-order valence-electron chi connectivity index (χ4n) is 1.99. The zero-order chi connectivity index (χ0) is 12.1. The summed E-state index contributed by atoms with van der Waals surface area (Å²) in [6, 6.07) is 4.21. The van der Waals surface area contributed by atoms with Crippen molar-refractivity contribution in [2.24, 2.45) is 5.92 Å². The van der Waals surface area contributed by atoms with E-state index in [0.29, 0.717) is 5.92 Å². The van der Waals surface area contributed by atoms with Crippen molar-refractivity contribution in [2.75, 3.05) is 5.33 Å². The van der Waals surface area contributed by atoms with Crippen LogP contribution in [-0.2, 0) is 6.54 Å². The molecule has 0 aliphatic carbocycles. The lowest BCUT2D eigenvalue weighted by atomic mass is 10.1. The molecule has 1 atom stereocenters. The van der Waals surface area contributed by atoms with Crippen molar-refractivity contribution in [3.05, 3.63) is 29.9 Å². The molecule has 0 spiro atoms. The third-order valence-corrected chi connectivity index (χ3v) is 4.61. The lowest BCUT2D eigenvalue weighted by Crippen LogP contribution is -2.12. The highest BCUT2D eigenvalue weighted by atomic mass is 79.9. The van der Waals surface area contributed by atoms with E-state index in [2.05, 4.69) is 56.1 Å². The Bertz CT molecular complexity index is 436. The SMILES string of the molecule is CCCC(CBr)Cn1ccnc1-c1cccs1. The fraction of sp³-hybridized carbons (Fsp3) is 0.462. The average Bonchev–Trinajstić information content (AvgIpc) is 2.98. The number of aromatic nitrogens is 2. The second-order valence-electron chi connectivity index (χ2n) is 4.19. The van der Waals surface area contributed by atoms with Crippen LogP contribution < -0.4 is 0 Å². The monoisotopic (exact) mass is 312 g/mol. The van der Waals surface area contributed by atoms with Crippen LogP contribution in [0.15, 0.2) is 29.9 Å². The number of halogens is 1. The predicted molar refractivity (Wildman–Crippen MR) is 77.7 cm³/mol. The summed E-state index contributed by atoms with van der Waals surface area (Å²) >= 11 is 5.35. The smallest absolute Gasteiger partial charge is 0.149 e. The summed E-state index contributed by atoms with van der Waals surface area (Å²) in [6.45, 7) is 3.29. The van der Waals surface area contributed by atoms with Crippen LogP contribution in [-0.4, -0.2) is 14.9 Å². The fourth-order valence-corrected chi connectivity index (χ4v) is 3.26. The van der Waals surface area contributed by atoms with Gasteiger partial charge >= 0.3 is 0 Å². The zero-order valence-corrected chi connectivity index (χ0v) is 12.4. The van der Waals surface area contributed by atoms with E-state index in [1.54, 1.807) is 11.3 Å². The van der Waals surface area contributed by atoms with Crippen LogP contribution in [0.4, 0.5) is 0 Å². The first kappa shape index (κ1) is 12.8. The van der Waals surface area contributed by atoms with Gasteiger partial charge in [-0.2, -0.15) is 0 Å². The molecule has 0 amide bonds. The second-order valence-corrected chi connectivity index (χ2v) is 5.78. The minimum atomic E-state index is 0.688. The first-order valence-electron chi connectivity index (χ1n) is 5.96. The first-order chi connectivity index (χ1) is 8.35. The molecule has 4 heteroatoms. The summed E-state index contributed by atoms with van der Waals surface area (Å²) in [5, 5.41) is 3.16. The van der Waals surface area contributed by atoms with Crippen LogP contribution in [0, 0.1) is 5.92 Å². The van der Waals surface area contributed by atoms with Crippen molar-refractivity contribution >= 4 is 27.3 Å². The summed E-state index contributed by atoms with van der Waals surface area (Å²) in [5.74, 6) is 1.79. The molecule has 0 saturated heterocycles. The second kappa shape index (κ2) is 6.36. The largest absolute Gasteiger partial charge is 0.330 e. The summed E-state index contributed by atoms with van der Waals surface area (Å²) in [4.78, 5) is 5.71. The van der Waals surface area contributed by atoms with Crippen molar-refractivity contribution in [1.82, 2.24) is 9.55 Å². The van der Waals surface area contributed by atoms with E-state index in [0.717, 1.165) is 17.7 Å². The summed E-state index contributed by atoms with van der Waals surface area (Å²) in [6.07, 6.45) is 6.47. The highest BCUT2D eigenvalue weighted by Gasteiger charge is 2.11. The highest BCUT2D eigenvalue weighted by molar-refractivity contribution is 9.09. The quantitative estimate of drug-likeness (QED) is 0.722. The molecule has 2 nitrogen and oxygen atoms in total. The van der Waals surface area contributed by atoms with Crippen LogP contribution in [0.3, 0.4) is 0 Å². The third-order valence-electron chi connectivity index (χ3n) is 2.83. The molecule has 0 fully saturated rings. The topological polar surface area (TPSA) is 17.8 Å². The number of nitrogens with zero attached hydrogens (tertiary/aromatic N) is 2. The molecule has 0 bridgehead atoms. The van der Waals surface area contributed by atoms with Gasteiger partial charge < -0.3 is 4.57 Å². The molecule has 2 aromatic heterocycles. The number of imidazole rings is 1. The van der Waals surface area contributed by atoms with Crippen molar-refractivity contribution in [1.29, 1.82) is 0 Å². The van der Waals surface area contributed by atoms with Gasteiger partial charge in [0.2, 0.25) is 0 Å². The Hall–Kier alpha value is -0.610. The maximum absolute atomic E-state index is 4.46. The van der Waals surface area contributed by atoms with Gasteiger partial charge in [0, 0.05) is 24.3 Å². The molecule has 2 aromatic rings. The number of thiophene rings is 1. The minimum absolute atomic E-state index is 0.688. The molecule has 0 aliphatic rings. The van der Waals surface area contributed by atoms with Crippen molar-refractivity contribution in [2.45, 2.75) is 26.3 Å². The van der Waals surface area contributed by atoms with Crippen LogP contribution in [0.25, 0.3) is 10.7 Å². The molecule has 0 N–H and O–H groups in total. The van der Waals surface area contributed by atoms with Gasteiger partial charge in [-0.05, 0) is 23.8 Å². The van der Waals surface area contributed by atoms with Crippen molar-refractivity contribution < 1.29 is 0 Å². The van der Waals surface area contributed by atoms with E-state index in [9.17, 15) is 0 Å². The van der Waals surface area contributed by atoms with E-state index >= 15 is 0 Å². The van der Waals surface area contributed by atoms with Gasteiger partial charge in [0.15, 0.2) is 0 Å². The summed E-state index contributed by atoms with van der Waals surface area (Å²) < 4.78 is 2.27. The molecular formula is C13H17BrN2S. The van der Waals surface area contributed by atoms with Crippen molar-refractivity contribution in [3.63, 3.8) is 0 Å². The zero-order valence-electron chi connectivity index (χ0n) is 9.97. The Balaban J connectivity index is 2.14. The molecule has 0 aromatic carbocycles. The number of rotatable bonds is 6. The van der Waals surface area contributed by atoms with Crippen LogP contribution in [0.2, 0.25) is 0 Å². The van der Waals surface area contributed by atoms with Gasteiger partial charge in [-0.1, -0.05) is 35.3 Å². The number of alkyl halides is 1. The molecule has 0 radical (unpaired) electrons. The van der Waals surface area contributed by atoms with Crippen LogP contribution in [0.5, 0.6) is 0 Å². The van der Waals surface area contributed by atoms with Crippen LogP contribution >= 0.6 is 27.3 Å². The Morgan fingerprint density at radius 2 is 2.41 bits per heavy atom. The van der Waals surface area contributed by atoms with E-state index < -0.39 is 0 Å². The van der Waals surface area contributed by atoms with Crippen LogP contribution in [0.1, 0.15) is 19.8 Å². The lowest BCUT2D eigenvalue weighted by molar-refractivity contribution is 0.458. The maximum Gasteiger partial charge on any atom is 0.149 e. The molecule has 2 rings (SSSR count). The van der Waals surface area contributed by atoms with Gasteiger partial charge in [-0.3, -0.25) is 0 Å². The van der Waals surface area contributed by atoms with E-state index in [1.165, 1.54) is 17.7 Å².